The first-order valence-corrected chi connectivity index (χ1v) is 5.41. The van der Waals surface area contributed by atoms with Crippen LogP contribution < -0.4 is 0 Å². The van der Waals surface area contributed by atoms with Crippen LogP contribution in [0.25, 0.3) is 0 Å². The molecule has 10 heteroatoms. The van der Waals surface area contributed by atoms with Crippen molar-refractivity contribution in [1.29, 1.82) is 0 Å². The Morgan fingerprint density at radius 1 is 0.857 bits per heavy atom. The molecule has 0 aliphatic heterocycles. The zero-order valence-corrected chi connectivity index (χ0v) is 8.36. The fourth-order valence-electron chi connectivity index (χ4n) is 0.0702. The van der Waals surface area contributed by atoms with Gasteiger partial charge in [0.15, 0.2) is 0 Å². The first kappa shape index (κ1) is 15.7. The van der Waals surface area contributed by atoms with E-state index in [9.17, 15) is 16.8 Å². The highest BCUT2D eigenvalue weighted by atomic mass is 32.3. The molecule has 0 aromatic rings. The van der Waals surface area contributed by atoms with E-state index < -0.39 is 20.8 Å². The Morgan fingerprint density at radius 2 is 1.07 bits per heavy atom. The van der Waals surface area contributed by atoms with Crippen LogP contribution in [0.5, 0.6) is 0 Å². The quantitative estimate of drug-likeness (QED) is 0.305. The lowest BCUT2D eigenvalue weighted by molar-refractivity contribution is -0.105. The molecule has 8 nitrogen and oxygen atoms in total. The highest BCUT2D eigenvalue weighted by Gasteiger charge is 2.13. The van der Waals surface area contributed by atoms with E-state index in [1.807, 2.05) is 0 Å². The summed E-state index contributed by atoms with van der Waals surface area (Å²) in [6, 6.07) is 0. The Balaban J connectivity index is 0. The van der Waals surface area contributed by atoms with E-state index in [0.717, 1.165) is 0 Å². The molecule has 2 N–H and O–H groups in total. The molecule has 0 aromatic heterocycles. The van der Waals surface area contributed by atoms with Gasteiger partial charge in [-0.2, -0.15) is 16.8 Å². The second-order valence-corrected chi connectivity index (χ2v) is 3.45. The molecule has 0 aliphatic carbocycles. The zero-order chi connectivity index (χ0) is 11.8. The third kappa shape index (κ3) is 22.5. The molecule has 0 atom stereocenters. The molecule has 0 heterocycles. The maximum absolute atomic E-state index is 9.51. The molecule has 0 saturated carbocycles. The molecule has 0 bridgehead atoms. The van der Waals surface area contributed by atoms with Crippen molar-refractivity contribution in [3.05, 3.63) is 25.3 Å². The van der Waals surface area contributed by atoms with Gasteiger partial charge >= 0.3 is 20.8 Å². The van der Waals surface area contributed by atoms with Gasteiger partial charge in [0, 0.05) is 0 Å². The monoisotopic (exact) mass is 248 g/mol. The summed E-state index contributed by atoms with van der Waals surface area (Å²) >= 11 is 0. The Morgan fingerprint density at radius 3 is 1.14 bits per heavy atom. The number of allylic oxidation sites excluding steroid dienone is 2. The van der Waals surface area contributed by atoms with Gasteiger partial charge in [0.25, 0.3) is 0 Å². The van der Waals surface area contributed by atoms with Crippen molar-refractivity contribution in [3.63, 3.8) is 0 Å². The van der Waals surface area contributed by atoms with Crippen LogP contribution in [0.1, 0.15) is 0 Å². The van der Waals surface area contributed by atoms with Crippen molar-refractivity contribution in [2.75, 3.05) is 0 Å². The molecule has 0 unspecified atom stereocenters. The fourth-order valence-corrected chi connectivity index (χ4v) is 0.632. The third-order valence-corrected chi connectivity index (χ3v) is 0.933. The number of hydrogen-bond donors (Lipinski definition) is 2. The van der Waals surface area contributed by atoms with Gasteiger partial charge in [-0.15, -0.1) is 0 Å². The van der Waals surface area contributed by atoms with Crippen molar-refractivity contribution in [3.8, 4) is 0 Å². The van der Waals surface area contributed by atoms with E-state index in [0.29, 0.717) is 0 Å². The van der Waals surface area contributed by atoms with Gasteiger partial charge in [0.2, 0.25) is 0 Å². The van der Waals surface area contributed by atoms with E-state index >= 15 is 0 Å². The topological polar surface area (TPSA) is 127 Å². The first-order chi connectivity index (χ1) is 6.12. The minimum absolute atomic E-state index is 1.64. The zero-order valence-electron chi connectivity index (χ0n) is 6.73. The molecule has 0 rings (SSSR count). The average Bonchev–Trinajstić information content (AvgIpc) is 1.99. The first-order valence-electron chi connectivity index (χ1n) is 2.68. The number of hydrogen-bond acceptors (Lipinski definition) is 6. The maximum atomic E-state index is 9.51. The highest BCUT2D eigenvalue weighted by molar-refractivity contribution is 7.83. The van der Waals surface area contributed by atoms with Gasteiger partial charge in [-0.05, 0) is 0 Å². The second-order valence-electron chi connectivity index (χ2n) is 1.46. The summed E-state index contributed by atoms with van der Waals surface area (Å²) in [6.45, 7) is 6.72. The van der Waals surface area contributed by atoms with Crippen molar-refractivity contribution in [1.82, 2.24) is 0 Å². The third-order valence-electron chi connectivity index (χ3n) is 0.366. The average molecular weight is 248 g/mol. The van der Waals surface area contributed by atoms with Crippen LogP contribution in [-0.2, 0) is 29.5 Å². The Bertz CT molecular complexity index is 324. The Labute approximate surface area is 81.3 Å². The highest BCUT2D eigenvalue weighted by Crippen LogP contribution is 1.92. The molecule has 0 aromatic carbocycles. The van der Waals surface area contributed by atoms with Gasteiger partial charge in [0.05, 0.1) is 0 Å². The smallest absolute Gasteiger partial charge is 0.262 e. The summed E-state index contributed by atoms with van der Waals surface area (Å²) in [5, 5.41) is 0. The van der Waals surface area contributed by atoms with Crippen LogP contribution in [0.4, 0.5) is 0 Å². The minimum Gasteiger partial charge on any atom is -0.262 e. The summed E-state index contributed by atoms with van der Waals surface area (Å²) < 4.78 is 58.9. The van der Waals surface area contributed by atoms with E-state index in [4.69, 9.17) is 9.11 Å². The van der Waals surface area contributed by atoms with Crippen LogP contribution in [0.3, 0.4) is 0 Å². The van der Waals surface area contributed by atoms with Gasteiger partial charge in [-0.25, -0.2) is 0 Å². The van der Waals surface area contributed by atoms with E-state index in [1.165, 1.54) is 0 Å². The summed E-state index contributed by atoms with van der Waals surface area (Å²) in [5.74, 6) is 0. The lowest BCUT2D eigenvalue weighted by atomic mass is 10.6. The predicted molar refractivity (Wildman–Crippen MR) is 45.7 cm³/mol. The molecule has 0 amide bonds. The van der Waals surface area contributed by atoms with E-state index in [2.05, 4.69) is 21.8 Å². The van der Waals surface area contributed by atoms with Crippen molar-refractivity contribution in [2.24, 2.45) is 0 Å². The van der Waals surface area contributed by atoms with Gasteiger partial charge in [-0.3, -0.25) is 9.11 Å². The molecular weight excluding hydrogens is 240 g/mol. The maximum Gasteiger partial charge on any atom is 0.425 e. The van der Waals surface area contributed by atoms with Crippen LogP contribution in [0.2, 0.25) is 0 Å². The van der Waals surface area contributed by atoms with Crippen molar-refractivity contribution >= 4 is 20.8 Å². The molecule has 0 radical (unpaired) electrons. The standard InChI is InChI=1S/C4H6.H2O8S2/c1-3-4-2;1-9(2,3)7-8-10(4,5)6/h3-4H,1-2H2;(H,1,2,3)(H,4,5,6). The van der Waals surface area contributed by atoms with Crippen LogP contribution in [0, 0.1) is 0 Å². The second kappa shape index (κ2) is 6.64. The lowest BCUT2D eigenvalue weighted by Gasteiger charge is -1.92. The predicted octanol–water partition coefficient (Wildman–Crippen LogP) is -0.101. The van der Waals surface area contributed by atoms with Crippen molar-refractivity contribution in [2.45, 2.75) is 0 Å². The lowest BCUT2D eigenvalue weighted by Crippen LogP contribution is -2.10. The Hall–Kier alpha value is -0.780. The summed E-state index contributed by atoms with van der Waals surface area (Å²) in [7, 11) is -10.0. The Kier molecular flexibility index (Phi) is 7.44. The van der Waals surface area contributed by atoms with Gasteiger partial charge in [0.1, 0.15) is 0 Å². The normalized spacial score (nSPS) is 11.0. The van der Waals surface area contributed by atoms with Crippen LogP contribution >= 0.6 is 0 Å². The molecule has 0 fully saturated rings. The number of rotatable bonds is 4. The summed E-state index contributed by atoms with van der Waals surface area (Å²) in [6.07, 6.45) is 3.28. The summed E-state index contributed by atoms with van der Waals surface area (Å²) in [5.41, 5.74) is 0. The van der Waals surface area contributed by atoms with Gasteiger partial charge in [-0.1, -0.05) is 34.0 Å². The molecule has 0 saturated heterocycles. The molecule has 14 heavy (non-hydrogen) atoms. The molecule has 0 spiro atoms. The van der Waals surface area contributed by atoms with E-state index in [1.54, 1.807) is 12.2 Å². The van der Waals surface area contributed by atoms with Crippen LogP contribution in [0.15, 0.2) is 25.3 Å². The minimum atomic E-state index is -5.02. The largest absolute Gasteiger partial charge is 0.425 e. The fraction of sp³-hybridized carbons (Fsp3) is 0. The van der Waals surface area contributed by atoms with E-state index in [-0.39, 0.29) is 0 Å². The molecule has 84 valence electrons. The van der Waals surface area contributed by atoms with Crippen molar-refractivity contribution < 1.29 is 34.6 Å². The molecular formula is C4H8O8S2. The SMILES string of the molecule is C=CC=C.O=S(=O)(O)OOS(=O)(=O)O. The van der Waals surface area contributed by atoms with Crippen LogP contribution in [-0.4, -0.2) is 25.9 Å². The molecule has 0 aliphatic rings. The summed E-state index contributed by atoms with van der Waals surface area (Å²) in [4.78, 5) is 0. The van der Waals surface area contributed by atoms with Gasteiger partial charge < -0.3 is 0 Å².